The van der Waals surface area contributed by atoms with E-state index in [4.69, 9.17) is 4.74 Å². The number of thioether (sulfide) groups is 1. The summed E-state index contributed by atoms with van der Waals surface area (Å²) in [5.41, 5.74) is 1.25. The van der Waals surface area contributed by atoms with Gasteiger partial charge in [-0.15, -0.1) is 10.2 Å². The molecule has 1 aromatic heterocycles. The number of halogens is 1. The first-order chi connectivity index (χ1) is 10.2. The van der Waals surface area contributed by atoms with Crippen LogP contribution in [0.4, 0.5) is 0 Å². The molecule has 0 spiro atoms. The van der Waals surface area contributed by atoms with Gasteiger partial charge in [0.15, 0.2) is 8.68 Å². The Labute approximate surface area is 145 Å². The van der Waals surface area contributed by atoms with Crippen LogP contribution in [0.5, 0.6) is 0 Å². The van der Waals surface area contributed by atoms with E-state index in [0.717, 1.165) is 26.2 Å². The highest BCUT2D eigenvalue weighted by Crippen LogP contribution is 2.35. The number of rotatable bonds is 8. The summed E-state index contributed by atoms with van der Waals surface area (Å²) in [5, 5.41) is 11.7. The molecule has 0 aliphatic heterocycles. The summed E-state index contributed by atoms with van der Waals surface area (Å²) in [6.45, 7) is 2.37. The summed E-state index contributed by atoms with van der Waals surface area (Å²) in [6, 6.07) is 6.31. The maximum absolute atomic E-state index is 5.05. The van der Waals surface area contributed by atoms with Crippen molar-refractivity contribution in [3.8, 4) is 0 Å². The van der Waals surface area contributed by atoms with E-state index >= 15 is 0 Å². The van der Waals surface area contributed by atoms with Crippen LogP contribution in [0.3, 0.4) is 0 Å². The van der Waals surface area contributed by atoms with Crippen molar-refractivity contribution in [3.05, 3.63) is 28.2 Å². The number of nitrogens with one attached hydrogen (secondary N) is 1. The van der Waals surface area contributed by atoms with Gasteiger partial charge in [-0.2, -0.15) is 0 Å². The van der Waals surface area contributed by atoms with Crippen molar-refractivity contribution in [2.24, 2.45) is 0 Å². The molecule has 0 saturated heterocycles. The molecule has 2 rings (SSSR count). The molecule has 0 aliphatic rings. The van der Waals surface area contributed by atoms with Gasteiger partial charge < -0.3 is 10.1 Å². The van der Waals surface area contributed by atoms with Gasteiger partial charge in [-0.05, 0) is 24.0 Å². The molecule has 0 fully saturated rings. The number of hydrogen-bond acceptors (Lipinski definition) is 7. The van der Waals surface area contributed by atoms with Gasteiger partial charge in [-0.3, -0.25) is 0 Å². The topological polar surface area (TPSA) is 47.0 Å². The lowest BCUT2D eigenvalue weighted by molar-refractivity contribution is 0.199. The van der Waals surface area contributed by atoms with E-state index in [9.17, 15) is 0 Å². The number of methoxy groups -OCH3 is 1. The van der Waals surface area contributed by atoms with Crippen LogP contribution in [0.2, 0.25) is 0 Å². The van der Waals surface area contributed by atoms with E-state index in [-0.39, 0.29) is 0 Å². The Hall–Kier alpha value is -0.120. The first-order valence-corrected chi connectivity index (χ1v) is 9.91. The quantitative estimate of drug-likeness (QED) is 0.530. The molecular formula is C13H16BrN3OS3. The van der Waals surface area contributed by atoms with E-state index in [1.54, 1.807) is 42.0 Å². The van der Waals surface area contributed by atoms with Gasteiger partial charge in [-0.25, -0.2) is 0 Å². The Morgan fingerprint density at radius 1 is 1.33 bits per heavy atom. The number of aromatic nitrogens is 2. The molecule has 2 aromatic rings. The Morgan fingerprint density at radius 3 is 2.86 bits per heavy atom. The van der Waals surface area contributed by atoms with E-state index in [2.05, 4.69) is 49.6 Å². The van der Waals surface area contributed by atoms with Crippen LogP contribution >= 0.6 is 50.8 Å². The fourth-order valence-electron chi connectivity index (χ4n) is 1.58. The van der Waals surface area contributed by atoms with Gasteiger partial charge in [0.05, 0.1) is 6.61 Å². The Kier molecular flexibility index (Phi) is 7.48. The van der Waals surface area contributed by atoms with Crippen molar-refractivity contribution in [1.82, 2.24) is 15.5 Å². The standard InChI is InChI=1S/C13H16BrN3OS3/c1-18-6-5-15-8-9-3-4-10(14)7-11(9)20-13-17-16-12(19-2)21-13/h3-4,7,15H,5-6,8H2,1-2H3. The predicted octanol–water partition coefficient (Wildman–Crippen LogP) is 3.91. The molecule has 0 unspecified atom stereocenters. The summed E-state index contributed by atoms with van der Waals surface area (Å²) in [7, 11) is 1.71. The monoisotopic (exact) mass is 405 g/mol. The summed E-state index contributed by atoms with van der Waals surface area (Å²) < 4.78 is 8.08. The molecule has 0 saturated carbocycles. The maximum Gasteiger partial charge on any atom is 0.179 e. The lowest BCUT2D eigenvalue weighted by atomic mass is 10.2. The van der Waals surface area contributed by atoms with Gasteiger partial charge in [-0.1, -0.05) is 56.9 Å². The van der Waals surface area contributed by atoms with Crippen LogP contribution in [0.15, 0.2) is 36.2 Å². The van der Waals surface area contributed by atoms with Crippen LogP contribution in [0, 0.1) is 0 Å². The fraction of sp³-hybridized carbons (Fsp3) is 0.385. The SMILES string of the molecule is COCCNCc1ccc(Br)cc1Sc1nnc(SC)s1. The maximum atomic E-state index is 5.05. The van der Waals surface area contributed by atoms with Gasteiger partial charge in [0.1, 0.15) is 0 Å². The highest BCUT2D eigenvalue weighted by atomic mass is 79.9. The van der Waals surface area contributed by atoms with Gasteiger partial charge in [0.25, 0.3) is 0 Å². The second kappa shape index (κ2) is 9.12. The molecule has 4 nitrogen and oxygen atoms in total. The Bertz CT molecular complexity index is 580. The normalized spacial score (nSPS) is 11.0. The molecule has 114 valence electrons. The van der Waals surface area contributed by atoms with Crippen molar-refractivity contribution in [3.63, 3.8) is 0 Å². The highest BCUT2D eigenvalue weighted by molar-refractivity contribution is 9.10. The zero-order valence-corrected chi connectivity index (χ0v) is 15.8. The second-order valence-corrected chi connectivity index (χ2v) is 8.30. The van der Waals surface area contributed by atoms with Crippen LogP contribution in [0.25, 0.3) is 0 Å². The predicted molar refractivity (Wildman–Crippen MR) is 93.5 cm³/mol. The van der Waals surface area contributed by atoms with E-state index in [0.29, 0.717) is 6.61 Å². The number of hydrogen-bond donors (Lipinski definition) is 1. The van der Waals surface area contributed by atoms with Crippen molar-refractivity contribution >= 4 is 50.8 Å². The Morgan fingerprint density at radius 2 is 2.14 bits per heavy atom. The highest BCUT2D eigenvalue weighted by Gasteiger charge is 2.09. The first-order valence-electron chi connectivity index (χ1n) is 6.26. The molecule has 8 heteroatoms. The molecule has 0 bridgehead atoms. The smallest absolute Gasteiger partial charge is 0.179 e. The third-order valence-corrected chi connectivity index (χ3v) is 6.13. The van der Waals surface area contributed by atoms with Crippen LogP contribution in [0.1, 0.15) is 5.56 Å². The van der Waals surface area contributed by atoms with Crippen molar-refractivity contribution < 1.29 is 4.74 Å². The lowest BCUT2D eigenvalue weighted by Crippen LogP contribution is -2.18. The molecule has 0 radical (unpaired) electrons. The zero-order chi connectivity index (χ0) is 15.1. The second-order valence-electron chi connectivity index (χ2n) is 4.06. The summed E-state index contributed by atoms with van der Waals surface area (Å²) in [5.74, 6) is 0. The van der Waals surface area contributed by atoms with Gasteiger partial charge >= 0.3 is 0 Å². The van der Waals surface area contributed by atoms with Crippen LogP contribution < -0.4 is 5.32 Å². The fourth-order valence-corrected chi connectivity index (χ4v) is 4.66. The third-order valence-electron chi connectivity index (χ3n) is 2.59. The zero-order valence-electron chi connectivity index (χ0n) is 11.8. The average molecular weight is 406 g/mol. The minimum atomic E-state index is 0.715. The summed E-state index contributed by atoms with van der Waals surface area (Å²) in [6.07, 6.45) is 2.01. The molecule has 0 amide bonds. The lowest BCUT2D eigenvalue weighted by Gasteiger charge is -2.09. The minimum Gasteiger partial charge on any atom is -0.383 e. The average Bonchev–Trinajstić information content (AvgIpc) is 2.93. The largest absolute Gasteiger partial charge is 0.383 e. The van der Waals surface area contributed by atoms with E-state index in [1.807, 2.05) is 6.26 Å². The first kappa shape index (κ1) is 17.2. The van der Waals surface area contributed by atoms with Crippen LogP contribution in [-0.2, 0) is 11.3 Å². The molecule has 1 N–H and O–H groups in total. The van der Waals surface area contributed by atoms with Gasteiger partial charge in [0, 0.05) is 29.6 Å². The minimum absolute atomic E-state index is 0.715. The third kappa shape index (κ3) is 5.54. The molecule has 0 atom stereocenters. The molecule has 1 heterocycles. The number of ether oxygens (including phenoxy) is 1. The van der Waals surface area contributed by atoms with Crippen LogP contribution in [-0.4, -0.2) is 36.7 Å². The number of nitrogens with zero attached hydrogens (tertiary/aromatic N) is 2. The Balaban J connectivity index is 2.07. The molecule has 21 heavy (non-hydrogen) atoms. The molecule has 1 aromatic carbocycles. The van der Waals surface area contributed by atoms with Crippen molar-refractivity contribution in [1.29, 1.82) is 0 Å². The molecular weight excluding hydrogens is 390 g/mol. The van der Waals surface area contributed by atoms with E-state index < -0.39 is 0 Å². The van der Waals surface area contributed by atoms with Gasteiger partial charge in [0.2, 0.25) is 0 Å². The van der Waals surface area contributed by atoms with Crippen molar-refractivity contribution in [2.45, 2.75) is 20.1 Å². The summed E-state index contributed by atoms with van der Waals surface area (Å²) >= 11 is 8.44. The summed E-state index contributed by atoms with van der Waals surface area (Å²) in [4.78, 5) is 1.19. The molecule has 0 aliphatic carbocycles. The van der Waals surface area contributed by atoms with E-state index in [1.165, 1.54) is 10.5 Å². The number of benzene rings is 1. The van der Waals surface area contributed by atoms with Crippen molar-refractivity contribution in [2.75, 3.05) is 26.5 Å².